The van der Waals surface area contributed by atoms with Gasteiger partial charge in [0.15, 0.2) is 0 Å². The summed E-state index contributed by atoms with van der Waals surface area (Å²) < 4.78 is 0. The zero-order chi connectivity index (χ0) is 12.0. The summed E-state index contributed by atoms with van der Waals surface area (Å²) in [4.78, 5) is 1.43. The van der Waals surface area contributed by atoms with Gasteiger partial charge in [-0.1, -0.05) is 29.3 Å². The summed E-state index contributed by atoms with van der Waals surface area (Å²) in [6.45, 7) is 0. The average Bonchev–Trinajstić information content (AvgIpc) is 2.82. The summed E-state index contributed by atoms with van der Waals surface area (Å²) in [7, 11) is 0. The van der Waals surface area contributed by atoms with Crippen LogP contribution < -0.4 is 5.73 Å². The molecule has 0 radical (unpaired) electrons. The summed E-state index contributed by atoms with van der Waals surface area (Å²) in [5.74, 6) is 0. The Morgan fingerprint density at radius 3 is 2.71 bits per heavy atom. The van der Waals surface area contributed by atoms with Gasteiger partial charge in [0.05, 0.1) is 15.0 Å². The monoisotopic (exact) mass is 283 g/mol. The van der Waals surface area contributed by atoms with Crippen LogP contribution in [0.15, 0.2) is 18.2 Å². The molecular formula is C13H11Cl2NS. The lowest BCUT2D eigenvalue weighted by Gasteiger charge is -2.05. The van der Waals surface area contributed by atoms with E-state index in [1.165, 1.54) is 22.4 Å². The number of halogens is 2. The number of hydrogen-bond acceptors (Lipinski definition) is 2. The molecule has 0 amide bonds. The van der Waals surface area contributed by atoms with Crippen molar-refractivity contribution in [3.8, 4) is 11.1 Å². The van der Waals surface area contributed by atoms with Crippen LogP contribution in [-0.2, 0) is 12.8 Å². The predicted octanol–water partition coefficient (Wildman–Crippen LogP) is 4.79. The molecule has 2 aromatic rings. The number of hydrogen-bond donors (Lipinski definition) is 1. The first-order valence-electron chi connectivity index (χ1n) is 5.52. The largest absolute Gasteiger partial charge is 0.390 e. The standard InChI is InChI=1S/C13H11Cl2NS/c14-9-5-4-7(6-10(9)15)12-8-2-1-3-11(8)17-13(12)16/h4-6H,1-3,16H2. The molecule has 3 rings (SSSR count). The van der Waals surface area contributed by atoms with E-state index in [4.69, 9.17) is 28.9 Å². The molecule has 0 saturated carbocycles. The van der Waals surface area contributed by atoms with E-state index in [-0.39, 0.29) is 0 Å². The fourth-order valence-corrected chi connectivity index (χ4v) is 3.87. The molecule has 1 aromatic heterocycles. The average molecular weight is 284 g/mol. The number of fused-ring (bicyclic) bond motifs is 1. The Morgan fingerprint density at radius 2 is 1.94 bits per heavy atom. The second kappa shape index (κ2) is 4.20. The molecule has 1 heterocycles. The van der Waals surface area contributed by atoms with Gasteiger partial charge in [-0.15, -0.1) is 11.3 Å². The van der Waals surface area contributed by atoms with Crippen LogP contribution in [0, 0.1) is 0 Å². The number of aryl methyl sites for hydroxylation is 1. The van der Waals surface area contributed by atoms with Gasteiger partial charge in [-0.25, -0.2) is 0 Å². The summed E-state index contributed by atoms with van der Waals surface area (Å²) >= 11 is 13.7. The first-order chi connectivity index (χ1) is 8.16. The second-order valence-electron chi connectivity index (χ2n) is 4.23. The van der Waals surface area contributed by atoms with E-state index in [0.29, 0.717) is 10.0 Å². The number of rotatable bonds is 1. The number of thiophene rings is 1. The minimum Gasteiger partial charge on any atom is -0.390 e. The van der Waals surface area contributed by atoms with Crippen molar-refractivity contribution >= 4 is 39.5 Å². The maximum atomic E-state index is 6.11. The van der Waals surface area contributed by atoms with Crippen molar-refractivity contribution in [3.63, 3.8) is 0 Å². The molecular weight excluding hydrogens is 273 g/mol. The molecule has 1 aliphatic rings. The van der Waals surface area contributed by atoms with E-state index in [0.717, 1.165) is 23.4 Å². The van der Waals surface area contributed by atoms with Crippen LogP contribution in [0.25, 0.3) is 11.1 Å². The molecule has 0 fully saturated rings. The van der Waals surface area contributed by atoms with Crippen LogP contribution in [0.1, 0.15) is 16.9 Å². The number of anilines is 1. The van der Waals surface area contributed by atoms with Crippen LogP contribution in [0.3, 0.4) is 0 Å². The molecule has 1 nitrogen and oxygen atoms in total. The van der Waals surface area contributed by atoms with Gasteiger partial charge in [-0.05, 0) is 42.5 Å². The number of nitrogens with two attached hydrogens (primary N) is 1. The fourth-order valence-electron chi connectivity index (χ4n) is 2.39. The Hall–Kier alpha value is -0.700. The second-order valence-corrected chi connectivity index (χ2v) is 6.18. The zero-order valence-electron chi connectivity index (χ0n) is 9.09. The zero-order valence-corrected chi connectivity index (χ0v) is 11.4. The molecule has 2 N–H and O–H groups in total. The van der Waals surface area contributed by atoms with Crippen molar-refractivity contribution in [2.75, 3.05) is 5.73 Å². The topological polar surface area (TPSA) is 26.0 Å². The highest BCUT2D eigenvalue weighted by atomic mass is 35.5. The molecule has 88 valence electrons. The van der Waals surface area contributed by atoms with Gasteiger partial charge in [-0.2, -0.15) is 0 Å². The Balaban J connectivity index is 2.18. The molecule has 1 aliphatic carbocycles. The molecule has 4 heteroatoms. The van der Waals surface area contributed by atoms with Crippen molar-refractivity contribution < 1.29 is 0 Å². The molecule has 0 atom stereocenters. The third-order valence-corrected chi connectivity index (χ3v) is 5.02. The third-order valence-electron chi connectivity index (χ3n) is 3.16. The Bertz CT molecular complexity index is 589. The molecule has 1 aromatic carbocycles. The van der Waals surface area contributed by atoms with Crippen LogP contribution in [0.5, 0.6) is 0 Å². The highest BCUT2D eigenvalue weighted by molar-refractivity contribution is 7.16. The lowest BCUT2D eigenvalue weighted by Crippen LogP contribution is -1.88. The van der Waals surface area contributed by atoms with Crippen molar-refractivity contribution in [2.45, 2.75) is 19.3 Å². The third kappa shape index (κ3) is 1.85. The first kappa shape index (κ1) is 11.4. The van der Waals surface area contributed by atoms with Gasteiger partial charge in [-0.3, -0.25) is 0 Å². The van der Waals surface area contributed by atoms with Crippen molar-refractivity contribution in [1.29, 1.82) is 0 Å². The van der Waals surface area contributed by atoms with Gasteiger partial charge in [0.2, 0.25) is 0 Å². The molecule has 0 aliphatic heterocycles. The number of benzene rings is 1. The molecule has 0 spiro atoms. The van der Waals surface area contributed by atoms with Gasteiger partial charge in [0, 0.05) is 10.4 Å². The van der Waals surface area contributed by atoms with Gasteiger partial charge >= 0.3 is 0 Å². The summed E-state index contributed by atoms with van der Waals surface area (Å²) in [5.41, 5.74) is 9.77. The van der Waals surface area contributed by atoms with Crippen LogP contribution in [0.4, 0.5) is 5.00 Å². The highest BCUT2D eigenvalue weighted by Crippen LogP contribution is 2.44. The molecule has 0 saturated heterocycles. The maximum Gasteiger partial charge on any atom is 0.0941 e. The molecule has 17 heavy (non-hydrogen) atoms. The number of nitrogen functional groups attached to an aromatic ring is 1. The fraction of sp³-hybridized carbons (Fsp3) is 0.231. The van der Waals surface area contributed by atoms with Crippen molar-refractivity contribution in [2.24, 2.45) is 0 Å². The summed E-state index contributed by atoms with van der Waals surface area (Å²) in [5, 5.41) is 2.07. The normalized spacial score (nSPS) is 14.0. The Labute approximate surface area is 114 Å². The van der Waals surface area contributed by atoms with Crippen LogP contribution in [-0.4, -0.2) is 0 Å². The van der Waals surface area contributed by atoms with Gasteiger partial charge < -0.3 is 5.73 Å². The van der Waals surface area contributed by atoms with E-state index < -0.39 is 0 Å². The maximum absolute atomic E-state index is 6.11. The van der Waals surface area contributed by atoms with E-state index in [1.54, 1.807) is 11.3 Å². The quantitative estimate of drug-likeness (QED) is 0.800. The van der Waals surface area contributed by atoms with E-state index in [9.17, 15) is 0 Å². The smallest absolute Gasteiger partial charge is 0.0941 e. The summed E-state index contributed by atoms with van der Waals surface area (Å²) in [6.07, 6.45) is 3.51. The molecule has 0 bridgehead atoms. The lowest BCUT2D eigenvalue weighted by molar-refractivity contribution is 0.915. The highest BCUT2D eigenvalue weighted by Gasteiger charge is 2.21. The van der Waals surface area contributed by atoms with E-state index >= 15 is 0 Å². The molecule has 0 unspecified atom stereocenters. The van der Waals surface area contributed by atoms with Gasteiger partial charge in [0.25, 0.3) is 0 Å². The lowest BCUT2D eigenvalue weighted by atomic mass is 10.0. The van der Waals surface area contributed by atoms with Crippen LogP contribution in [0.2, 0.25) is 10.0 Å². The minimum absolute atomic E-state index is 0.584. The summed E-state index contributed by atoms with van der Waals surface area (Å²) in [6, 6.07) is 5.73. The Kier molecular flexibility index (Phi) is 2.81. The van der Waals surface area contributed by atoms with Gasteiger partial charge in [0.1, 0.15) is 0 Å². The van der Waals surface area contributed by atoms with Crippen molar-refractivity contribution in [3.05, 3.63) is 38.7 Å². The van der Waals surface area contributed by atoms with E-state index in [2.05, 4.69) is 0 Å². The van der Waals surface area contributed by atoms with Crippen molar-refractivity contribution in [1.82, 2.24) is 0 Å². The Morgan fingerprint density at radius 1 is 1.12 bits per heavy atom. The SMILES string of the molecule is Nc1sc2c(c1-c1ccc(Cl)c(Cl)c1)CCC2. The minimum atomic E-state index is 0.584. The van der Waals surface area contributed by atoms with Crippen LogP contribution >= 0.6 is 34.5 Å². The predicted molar refractivity (Wildman–Crippen MR) is 76.2 cm³/mol. The first-order valence-corrected chi connectivity index (χ1v) is 7.09. The van der Waals surface area contributed by atoms with E-state index in [1.807, 2.05) is 18.2 Å².